The highest BCUT2D eigenvalue weighted by atomic mass is 16.3. The molecule has 0 fully saturated rings. The van der Waals surface area contributed by atoms with E-state index in [1.807, 2.05) is 6.92 Å². The van der Waals surface area contributed by atoms with Gasteiger partial charge in [-0.2, -0.15) is 0 Å². The first-order valence-corrected chi connectivity index (χ1v) is 9.82. The van der Waals surface area contributed by atoms with Crippen molar-refractivity contribution >= 4 is 0 Å². The van der Waals surface area contributed by atoms with Gasteiger partial charge in [-0.05, 0) is 24.4 Å². The van der Waals surface area contributed by atoms with Gasteiger partial charge in [-0.1, -0.05) is 97.3 Å². The fourth-order valence-corrected chi connectivity index (χ4v) is 2.91. The first-order chi connectivity index (χ1) is 10.7. The lowest BCUT2D eigenvalue weighted by Gasteiger charge is -2.18. The Balaban J connectivity index is 3.16. The molecule has 0 radical (unpaired) electrons. The summed E-state index contributed by atoms with van der Waals surface area (Å²) in [4.78, 5) is 10.6. The van der Waals surface area contributed by atoms with Crippen LogP contribution in [-0.4, -0.2) is 5.66 Å². The Kier molecular flexibility index (Phi) is 15.1. The highest BCUT2D eigenvalue weighted by Gasteiger charge is 2.22. The van der Waals surface area contributed by atoms with Crippen LogP contribution in [0.25, 0.3) is 0 Å². The minimum absolute atomic E-state index is 0.648. The fourth-order valence-electron chi connectivity index (χ4n) is 2.91. The van der Waals surface area contributed by atoms with E-state index in [2.05, 4.69) is 12.1 Å². The fraction of sp³-hybridized carbons (Fsp3) is 1.00. The van der Waals surface area contributed by atoms with E-state index in [9.17, 15) is 4.91 Å². The van der Waals surface area contributed by atoms with E-state index in [4.69, 9.17) is 5.73 Å². The van der Waals surface area contributed by atoms with Crippen LogP contribution in [0.2, 0.25) is 0 Å². The third-order valence-corrected chi connectivity index (χ3v) is 4.76. The van der Waals surface area contributed by atoms with Gasteiger partial charge in [0.1, 0.15) is 5.66 Å². The molecule has 0 aliphatic rings. The van der Waals surface area contributed by atoms with Gasteiger partial charge in [-0.25, -0.2) is 0 Å². The molecule has 2 N–H and O–H groups in total. The minimum atomic E-state index is -0.808. The highest BCUT2D eigenvalue weighted by molar-refractivity contribution is 4.78. The smallest absolute Gasteiger partial charge is 0.150 e. The van der Waals surface area contributed by atoms with Crippen LogP contribution in [0, 0.1) is 4.91 Å². The molecular formula is C19H40N2O. The van der Waals surface area contributed by atoms with Gasteiger partial charge in [0, 0.05) is 0 Å². The highest BCUT2D eigenvalue weighted by Crippen LogP contribution is 2.18. The zero-order valence-electron chi connectivity index (χ0n) is 15.2. The van der Waals surface area contributed by atoms with Gasteiger partial charge in [0.25, 0.3) is 0 Å². The largest absolute Gasteiger partial charge is 0.304 e. The van der Waals surface area contributed by atoms with E-state index in [0.29, 0.717) is 6.42 Å². The van der Waals surface area contributed by atoms with Crippen molar-refractivity contribution in [2.45, 2.75) is 122 Å². The van der Waals surface area contributed by atoms with Crippen molar-refractivity contribution in [3.8, 4) is 0 Å². The van der Waals surface area contributed by atoms with E-state index in [0.717, 1.165) is 12.8 Å². The summed E-state index contributed by atoms with van der Waals surface area (Å²) >= 11 is 0. The monoisotopic (exact) mass is 312 g/mol. The summed E-state index contributed by atoms with van der Waals surface area (Å²) < 4.78 is 0. The molecule has 0 saturated carbocycles. The van der Waals surface area contributed by atoms with E-state index in [1.165, 1.54) is 83.5 Å². The average Bonchev–Trinajstić information content (AvgIpc) is 2.55. The number of rotatable bonds is 17. The van der Waals surface area contributed by atoms with Gasteiger partial charge in [-0.3, -0.25) is 0 Å². The maximum absolute atomic E-state index is 10.6. The number of hydrogen-bond acceptors (Lipinski definition) is 3. The summed E-state index contributed by atoms with van der Waals surface area (Å²) in [5.41, 5.74) is 5.06. The van der Waals surface area contributed by atoms with Crippen molar-refractivity contribution in [1.82, 2.24) is 0 Å². The maximum atomic E-state index is 10.6. The number of unbranched alkanes of at least 4 members (excludes halogenated alkanes) is 13. The topological polar surface area (TPSA) is 55.4 Å². The van der Waals surface area contributed by atoms with Crippen LogP contribution >= 0.6 is 0 Å². The predicted molar refractivity (Wildman–Crippen MR) is 97.9 cm³/mol. The van der Waals surface area contributed by atoms with Crippen molar-refractivity contribution in [2.75, 3.05) is 0 Å². The molecule has 0 bridgehead atoms. The van der Waals surface area contributed by atoms with E-state index in [-0.39, 0.29) is 0 Å². The molecule has 0 aliphatic carbocycles. The Morgan fingerprint density at radius 2 is 1.05 bits per heavy atom. The molecule has 0 aliphatic heterocycles. The van der Waals surface area contributed by atoms with E-state index < -0.39 is 5.66 Å². The van der Waals surface area contributed by atoms with Crippen LogP contribution in [0.15, 0.2) is 5.18 Å². The number of hydrogen-bond donors (Lipinski definition) is 1. The van der Waals surface area contributed by atoms with Crippen LogP contribution in [0.3, 0.4) is 0 Å². The number of nitrogens with zero attached hydrogens (tertiary/aromatic N) is 1. The maximum Gasteiger partial charge on any atom is 0.150 e. The van der Waals surface area contributed by atoms with Crippen LogP contribution in [-0.2, 0) is 0 Å². The van der Waals surface area contributed by atoms with Crippen LogP contribution in [0.4, 0.5) is 0 Å². The lowest BCUT2D eigenvalue weighted by molar-refractivity contribution is 0.374. The Labute approximate surface area is 138 Å². The molecule has 0 rings (SSSR count). The number of nitroso groups, excluding NO2 is 1. The third-order valence-electron chi connectivity index (χ3n) is 4.76. The summed E-state index contributed by atoms with van der Waals surface area (Å²) in [6.07, 6.45) is 20.3. The molecule has 0 aromatic rings. The SMILES string of the molecule is CCCCCCCCCCCCCCCCC(N)(CC)N=O. The van der Waals surface area contributed by atoms with E-state index in [1.54, 1.807) is 0 Å². The third kappa shape index (κ3) is 13.2. The van der Waals surface area contributed by atoms with Gasteiger partial charge in [0.05, 0.1) is 0 Å². The van der Waals surface area contributed by atoms with Gasteiger partial charge in [0.2, 0.25) is 0 Å². The van der Waals surface area contributed by atoms with Crippen molar-refractivity contribution in [1.29, 1.82) is 0 Å². The van der Waals surface area contributed by atoms with E-state index >= 15 is 0 Å². The molecular weight excluding hydrogens is 272 g/mol. The Morgan fingerprint density at radius 1 is 0.682 bits per heavy atom. The quantitative estimate of drug-likeness (QED) is 0.240. The molecule has 132 valence electrons. The van der Waals surface area contributed by atoms with Crippen molar-refractivity contribution in [3.05, 3.63) is 4.91 Å². The molecule has 0 saturated heterocycles. The van der Waals surface area contributed by atoms with Crippen LogP contribution in [0.5, 0.6) is 0 Å². The summed E-state index contributed by atoms with van der Waals surface area (Å²) in [6, 6.07) is 0. The second kappa shape index (κ2) is 15.5. The summed E-state index contributed by atoms with van der Waals surface area (Å²) in [6.45, 7) is 4.21. The van der Waals surface area contributed by atoms with Crippen LogP contribution in [0.1, 0.15) is 117 Å². The van der Waals surface area contributed by atoms with Gasteiger partial charge < -0.3 is 5.73 Å². The second-order valence-electron chi connectivity index (χ2n) is 6.89. The molecule has 1 atom stereocenters. The molecule has 1 unspecified atom stereocenters. The zero-order valence-corrected chi connectivity index (χ0v) is 15.2. The average molecular weight is 313 g/mol. The predicted octanol–water partition coefficient (Wildman–Crippen LogP) is 6.69. The molecule has 3 nitrogen and oxygen atoms in total. The summed E-state index contributed by atoms with van der Waals surface area (Å²) in [7, 11) is 0. The molecule has 0 aromatic heterocycles. The molecule has 0 heterocycles. The normalized spacial score (nSPS) is 14.0. The molecule has 0 amide bonds. The first-order valence-electron chi connectivity index (χ1n) is 9.82. The van der Waals surface area contributed by atoms with Crippen LogP contribution < -0.4 is 5.73 Å². The lowest BCUT2D eigenvalue weighted by atomic mass is 9.99. The van der Waals surface area contributed by atoms with Crippen molar-refractivity contribution in [3.63, 3.8) is 0 Å². The van der Waals surface area contributed by atoms with Crippen molar-refractivity contribution in [2.24, 2.45) is 10.9 Å². The first kappa shape index (κ1) is 21.6. The summed E-state index contributed by atoms with van der Waals surface area (Å²) in [5, 5.41) is 3.07. The zero-order chi connectivity index (χ0) is 16.5. The minimum Gasteiger partial charge on any atom is -0.304 e. The van der Waals surface area contributed by atoms with Gasteiger partial charge in [0.15, 0.2) is 0 Å². The molecule has 3 heteroatoms. The summed E-state index contributed by atoms with van der Waals surface area (Å²) in [5.74, 6) is 0. The Bertz CT molecular complexity index is 246. The van der Waals surface area contributed by atoms with Gasteiger partial charge in [-0.15, -0.1) is 4.91 Å². The molecule has 22 heavy (non-hydrogen) atoms. The number of nitrogens with two attached hydrogens (primary N) is 1. The molecule has 0 aromatic carbocycles. The standard InChI is InChI=1S/C19H40N2O/c1-3-5-6-7-8-9-10-11-12-13-14-15-16-17-18-19(20,4-2)21-22/h3-18,20H2,1-2H3. The molecule has 0 spiro atoms. The second-order valence-corrected chi connectivity index (χ2v) is 6.89. The van der Waals surface area contributed by atoms with Gasteiger partial charge >= 0.3 is 0 Å². The Hall–Kier alpha value is -0.440. The lowest BCUT2D eigenvalue weighted by Crippen LogP contribution is -2.36. The van der Waals surface area contributed by atoms with Crippen molar-refractivity contribution < 1.29 is 0 Å². The Morgan fingerprint density at radius 3 is 1.36 bits per heavy atom.